The van der Waals surface area contributed by atoms with Crippen molar-refractivity contribution >= 4 is 40.2 Å². The summed E-state index contributed by atoms with van der Waals surface area (Å²) in [4.78, 5) is 24.7. The molecule has 0 saturated carbocycles. The molecule has 0 radical (unpaired) electrons. The Hall–Kier alpha value is -3.19. The third-order valence-electron chi connectivity index (χ3n) is 6.64. The van der Waals surface area contributed by atoms with Gasteiger partial charge in [-0.1, -0.05) is 29.8 Å². The monoisotopic (exact) mass is 500 g/mol. The lowest BCUT2D eigenvalue weighted by molar-refractivity contribution is 0.0989. The maximum atomic E-state index is 14.0. The molecule has 176 valence electrons. The molecule has 7 heteroatoms. The third kappa shape index (κ3) is 4.45. The van der Waals surface area contributed by atoms with Crippen LogP contribution in [0, 0.1) is 0 Å². The van der Waals surface area contributed by atoms with E-state index < -0.39 is 0 Å². The van der Waals surface area contributed by atoms with Crippen LogP contribution in [-0.2, 0) is 13.0 Å². The predicted octanol–water partition coefficient (Wildman–Crippen LogP) is 5.62. The predicted molar refractivity (Wildman–Crippen MR) is 144 cm³/mol. The summed E-state index contributed by atoms with van der Waals surface area (Å²) < 4.78 is 0. The number of nitrogens with one attached hydrogen (secondary N) is 1. The summed E-state index contributed by atoms with van der Waals surface area (Å²) in [5, 5.41) is 4.13. The second-order valence-electron chi connectivity index (χ2n) is 8.91. The molecule has 4 aromatic rings. The average molecular weight is 501 g/mol. The van der Waals surface area contributed by atoms with E-state index in [0.717, 1.165) is 64.9 Å². The minimum atomic E-state index is 0.0320. The number of carbonyl (C=O) groups excluding carboxylic acids is 1. The first-order chi connectivity index (χ1) is 17.2. The Kier molecular flexibility index (Phi) is 6.02. The first-order valence-corrected chi connectivity index (χ1v) is 13.0. The summed E-state index contributed by atoms with van der Waals surface area (Å²) in [6, 6.07) is 22.4. The van der Waals surface area contributed by atoms with Crippen LogP contribution in [0.2, 0.25) is 5.02 Å². The number of hydrogen-bond acceptors (Lipinski definition) is 5. The van der Waals surface area contributed by atoms with Gasteiger partial charge in [0.15, 0.2) is 0 Å². The molecule has 0 unspecified atom stereocenters. The van der Waals surface area contributed by atoms with Gasteiger partial charge in [0, 0.05) is 60.1 Å². The van der Waals surface area contributed by atoms with Crippen LogP contribution in [0.25, 0.3) is 10.4 Å². The largest absolute Gasteiger partial charge is 0.369 e. The lowest BCUT2D eigenvalue weighted by Gasteiger charge is -2.31. The summed E-state index contributed by atoms with van der Waals surface area (Å²) in [6.45, 7) is 4.38. The fourth-order valence-electron chi connectivity index (χ4n) is 4.84. The number of pyridine rings is 1. The highest BCUT2D eigenvalue weighted by Crippen LogP contribution is 2.40. The van der Waals surface area contributed by atoms with E-state index in [1.165, 1.54) is 11.3 Å². The molecule has 4 heterocycles. The number of nitrogens with zero attached hydrogens (tertiary/aromatic N) is 3. The molecule has 2 aliphatic rings. The number of rotatable bonds is 4. The van der Waals surface area contributed by atoms with E-state index in [2.05, 4.69) is 39.5 Å². The van der Waals surface area contributed by atoms with Crippen LogP contribution >= 0.6 is 22.9 Å². The van der Waals surface area contributed by atoms with E-state index in [1.54, 1.807) is 17.5 Å². The number of thiophene rings is 1. The van der Waals surface area contributed by atoms with Crippen molar-refractivity contribution in [1.82, 2.24) is 10.3 Å². The first kappa shape index (κ1) is 22.3. The van der Waals surface area contributed by atoms with Gasteiger partial charge in [-0.3, -0.25) is 9.78 Å². The zero-order valence-electron chi connectivity index (χ0n) is 19.2. The molecular weight excluding hydrogens is 476 g/mol. The number of aromatic nitrogens is 1. The highest BCUT2D eigenvalue weighted by Gasteiger charge is 2.30. The summed E-state index contributed by atoms with van der Waals surface area (Å²) in [5.74, 6) is 0.0320. The van der Waals surface area contributed by atoms with Crippen molar-refractivity contribution in [2.24, 2.45) is 0 Å². The van der Waals surface area contributed by atoms with Crippen LogP contribution in [0.1, 0.15) is 26.5 Å². The topological polar surface area (TPSA) is 48.5 Å². The highest BCUT2D eigenvalue weighted by molar-refractivity contribution is 7.17. The first-order valence-electron chi connectivity index (χ1n) is 11.8. The van der Waals surface area contributed by atoms with Gasteiger partial charge in [-0.15, -0.1) is 11.3 Å². The standard InChI is InChI=1S/C28H25ClN4OS/c29-22-6-4-19(5-7-22)26-17-21-15-20-16-24(32-13-11-30-12-14-32)8-9-25(20)33(28(34)27(21)35-26)18-23-3-1-2-10-31-23/h1-10,16-17,30H,11-15,18H2. The molecule has 0 aliphatic carbocycles. The molecular formula is C28H25ClN4OS. The molecule has 1 amide bonds. The molecule has 5 nitrogen and oxygen atoms in total. The Morgan fingerprint density at radius 1 is 0.971 bits per heavy atom. The van der Waals surface area contributed by atoms with E-state index in [9.17, 15) is 4.79 Å². The third-order valence-corrected chi connectivity index (χ3v) is 8.11. The summed E-state index contributed by atoms with van der Waals surface area (Å²) in [6.07, 6.45) is 2.50. The molecule has 0 atom stereocenters. The molecule has 1 fully saturated rings. The summed E-state index contributed by atoms with van der Waals surface area (Å²) in [7, 11) is 0. The molecule has 0 bridgehead atoms. The van der Waals surface area contributed by atoms with Crippen molar-refractivity contribution in [2.45, 2.75) is 13.0 Å². The summed E-state index contributed by atoms with van der Waals surface area (Å²) in [5.41, 5.74) is 6.38. The second kappa shape index (κ2) is 9.46. The van der Waals surface area contributed by atoms with Gasteiger partial charge in [0.05, 0.1) is 17.1 Å². The second-order valence-corrected chi connectivity index (χ2v) is 10.4. The van der Waals surface area contributed by atoms with E-state index in [4.69, 9.17) is 11.6 Å². The SMILES string of the molecule is O=C1c2sc(-c3ccc(Cl)cc3)cc2Cc2cc(N3CCNCC3)ccc2N1Cc1ccccn1. The van der Waals surface area contributed by atoms with Gasteiger partial charge < -0.3 is 15.1 Å². The molecule has 2 aliphatic heterocycles. The van der Waals surface area contributed by atoms with E-state index >= 15 is 0 Å². The maximum Gasteiger partial charge on any atom is 0.269 e. The fraction of sp³-hybridized carbons (Fsp3) is 0.214. The van der Waals surface area contributed by atoms with Crippen LogP contribution in [0.3, 0.4) is 0 Å². The highest BCUT2D eigenvalue weighted by atomic mass is 35.5. The van der Waals surface area contributed by atoms with Crippen LogP contribution in [-0.4, -0.2) is 37.1 Å². The number of halogens is 1. The van der Waals surface area contributed by atoms with Crippen molar-refractivity contribution in [3.8, 4) is 10.4 Å². The smallest absolute Gasteiger partial charge is 0.269 e. The quantitative estimate of drug-likeness (QED) is 0.395. The van der Waals surface area contributed by atoms with E-state index in [0.29, 0.717) is 11.6 Å². The van der Waals surface area contributed by atoms with Crippen LogP contribution < -0.4 is 15.1 Å². The van der Waals surface area contributed by atoms with Crippen molar-refractivity contribution in [2.75, 3.05) is 36.0 Å². The zero-order chi connectivity index (χ0) is 23.8. The van der Waals surface area contributed by atoms with Gasteiger partial charge in [0.1, 0.15) is 0 Å². The Bertz CT molecular complexity index is 1360. The average Bonchev–Trinajstić information content (AvgIpc) is 3.28. The van der Waals surface area contributed by atoms with E-state index in [-0.39, 0.29) is 5.91 Å². The van der Waals surface area contributed by atoms with Crippen molar-refractivity contribution in [1.29, 1.82) is 0 Å². The summed E-state index contributed by atoms with van der Waals surface area (Å²) >= 11 is 7.66. The Labute approximate surface area is 214 Å². The molecule has 2 aromatic heterocycles. The molecule has 1 saturated heterocycles. The van der Waals surface area contributed by atoms with Gasteiger partial charge in [0.2, 0.25) is 0 Å². The molecule has 6 rings (SSSR count). The van der Waals surface area contributed by atoms with Gasteiger partial charge in [0.25, 0.3) is 5.91 Å². The number of hydrogen-bond donors (Lipinski definition) is 1. The van der Waals surface area contributed by atoms with Crippen molar-refractivity contribution in [3.05, 3.63) is 99.6 Å². The lowest BCUT2D eigenvalue weighted by atomic mass is 10.0. The molecule has 0 spiro atoms. The fourth-order valence-corrected chi connectivity index (χ4v) is 6.10. The van der Waals surface area contributed by atoms with Gasteiger partial charge >= 0.3 is 0 Å². The Balaban J connectivity index is 1.44. The molecule has 1 N–H and O–H groups in total. The minimum Gasteiger partial charge on any atom is -0.369 e. The minimum absolute atomic E-state index is 0.0320. The normalized spacial score (nSPS) is 15.5. The lowest BCUT2D eigenvalue weighted by Crippen LogP contribution is -2.43. The number of amides is 1. The van der Waals surface area contributed by atoms with Crippen LogP contribution in [0.4, 0.5) is 11.4 Å². The van der Waals surface area contributed by atoms with Crippen LogP contribution in [0.5, 0.6) is 0 Å². The number of benzene rings is 2. The van der Waals surface area contributed by atoms with Gasteiger partial charge in [-0.05, 0) is 65.2 Å². The Morgan fingerprint density at radius 2 is 1.80 bits per heavy atom. The van der Waals surface area contributed by atoms with E-state index in [1.807, 2.05) is 47.4 Å². The maximum absolute atomic E-state index is 14.0. The number of anilines is 2. The number of carbonyl (C=O) groups is 1. The number of piperazine rings is 1. The Morgan fingerprint density at radius 3 is 2.57 bits per heavy atom. The van der Waals surface area contributed by atoms with Gasteiger partial charge in [-0.2, -0.15) is 0 Å². The molecule has 2 aromatic carbocycles. The van der Waals surface area contributed by atoms with Crippen LogP contribution in [0.15, 0.2) is 72.9 Å². The zero-order valence-corrected chi connectivity index (χ0v) is 20.8. The number of fused-ring (bicyclic) bond motifs is 2. The van der Waals surface area contributed by atoms with Crippen molar-refractivity contribution < 1.29 is 4.79 Å². The van der Waals surface area contributed by atoms with Crippen molar-refractivity contribution in [3.63, 3.8) is 0 Å². The van der Waals surface area contributed by atoms with Gasteiger partial charge in [-0.25, -0.2) is 0 Å². The molecule has 35 heavy (non-hydrogen) atoms.